The lowest BCUT2D eigenvalue weighted by atomic mass is 10.1. The molecule has 0 bridgehead atoms. The van der Waals surface area contributed by atoms with E-state index >= 15 is 0 Å². The van der Waals surface area contributed by atoms with Gasteiger partial charge in [-0.2, -0.15) is 0 Å². The fourth-order valence-electron chi connectivity index (χ4n) is 1.00. The summed E-state index contributed by atoms with van der Waals surface area (Å²) >= 11 is 4.88. The maximum absolute atomic E-state index is 11.7. The number of nitrogens with zero attached hydrogens (tertiary/aromatic N) is 1. The summed E-state index contributed by atoms with van der Waals surface area (Å²) in [4.78, 5) is 23.4. The number of carboxylic acid groups (broad SMARTS) is 1. The lowest BCUT2D eigenvalue weighted by Gasteiger charge is -2.25. The minimum Gasteiger partial charge on any atom is -0.480 e. The summed E-state index contributed by atoms with van der Waals surface area (Å²) in [6.45, 7) is 2.53. The van der Waals surface area contributed by atoms with Crippen molar-refractivity contribution in [2.75, 3.05) is 6.54 Å². The molecule has 0 unspecified atom stereocenters. The van der Waals surface area contributed by atoms with Gasteiger partial charge in [0.1, 0.15) is 12.6 Å². The van der Waals surface area contributed by atoms with E-state index in [1.807, 2.05) is 0 Å². The predicted octanol–water partition coefficient (Wildman–Crippen LogP) is -0.655. The normalized spacial score (nSPS) is 14.0. The third-order valence-corrected chi connectivity index (χ3v) is 2.48. The molecule has 0 radical (unpaired) electrons. The fraction of sp³-hybridized carbons (Fsp3) is 0.667. The number of nitrogens with two attached hydrogens (primary N) is 1. The van der Waals surface area contributed by atoms with E-state index in [-0.39, 0.29) is 4.99 Å². The van der Waals surface area contributed by atoms with Crippen molar-refractivity contribution in [3.8, 4) is 0 Å². The van der Waals surface area contributed by atoms with Crippen molar-refractivity contribution in [3.05, 3.63) is 0 Å². The maximum atomic E-state index is 11.7. The van der Waals surface area contributed by atoms with E-state index in [1.54, 1.807) is 6.92 Å². The van der Waals surface area contributed by atoms with E-state index in [0.717, 1.165) is 4.90 Å². The van der Waals surface area contributed by atoms with Crippen LogP contribution in [0.25, 0.3) is 0 Å². The summed E-state index contributed by atoms with van der Waals surface area (Å²) in [7, 11) is 0. The Labute approximate surface area is 99.0 Å². The van der Waals surface area contributed by atoms with Crippen LogP contribution in [0.15, 0.2) is 0 Å². The molecule has 7 heteroatoms. The van der Waals surface area contributed by atoms with Crippen molar-refractivity contribution in [2.45, 2.75) is 32.4 Å². The number of thiocarbonyl (C=S) groups is 1. The van der Waals surface area contributed by atoms with E-state index in [4.69, 9.17) is 28.2 Å². The lowest BCUT2D eigenvalue weighted by molar-refractivity contribution is -0.142. The van der Waals surface area contributed by atoms with Gasteiger partial charge in [0, 0.05) is 0 Å². The molecule has 0 aliphatic heterocycles. The number of aliphatic hydroxyl groups is 1. The molecule has 6 nitrogen and oxygen atoms in total. The van der Waals surface area contributed by atoms with Gasteiger partial charge in [-0.05, 0) is 13.3 Å². The number of hydrogen-bond donors (Lipinski definition) is 3. The third kappa shape index (κ3) is 4.21. The van der Waals surface area contributed by atoms with Crippen LogP contribution >= 0.6 is 12.2 Å². The van der Waals surface area contributed by atoms with Gasteiger partial charge in [0.25, 0.3) is 0 Å². The Morgan fingerprint density at radius 1 is 1.50 bits per heavy atom. The Morgan fingerprint density at radius 2 is 2.00 bits per heavy atom. The van der Waals surface area contributed by atoms with Crippen LogP contribution in [0, 0.1) is 0 Å². The second kappa shape index (κ2) is 6.51. The summed E-state index contributed by atoms with van der Waals surface area (Å²) in [6.07, 6.45) is -0.690. The summed E-state index contributed by atoms with van der Waals surface area (Å²) in [5, 5.41) is 17.8. The number of rotatable bonds is 5. The summed E-state index contributed by atoms with van der Waals surface area (Å²) in [5.41, 5.74) is 5.44. The van der Waals surface area contributed by atoms with Crippen LogP contribution in [0.5, 0.6) is 0 Å². The highest BCUT2D eigenvalue weighted by atomic mass is 32.1. The fourth-order valence-corrected chi connectivity index (χ4v) is 1.16. The number of aliphatic hydroxyl groups excluding tert-OH is 1. The number of carbonyl (C=O) groups is 2. The molecule has 0 aliphatic carbocycles. The zero-order valence-electron chi connectivity index (χ0n) is 9.21. The van der Waals surface area contributed by atoms with E-state index in [9.17, 15) is 9.59 Å². The van der Waals surface area contributed by atoms with E-state index in [1.165, 1.54) is 6.92 Å². The smallest absolute Gasteiger partial charge is 0.323 e. The van der Waals surface area contributed by atoms with Gasteiger partial charge in [-0.25, -0.2) is 0 Å². The molecule has 0 aliphatic rings. The van der Waals surface area contributed by atoms with Crippen LogP contribution in [-0.4, -0.2) is 50.7 Å². The van der Waals surface area contributed by atoms with Gasteiger partial charge in [0.15, 0.2) is 0 Å². The van der Waals surface area contributed by atoms with Crippen molar-refractivity contribution in [2.24, 2.45) is 5.73 Å². The summed E-state index contributed by atoms with van der Waals surface area (Å²) in [6, 6.07) is -1.16. The first-order valence-electron chi connectivity index (χ1n) is 4.80. The van der Waals surface area contributed by atoms with Gasteiger partial charge in [0.2, 0.25) is 5.91 Å². The minimum absolute atomic E-state index is 0.198. The number of carboxylic acids is 1. The van der Waals surface area contributed by atoms with Crippen molar-refractivity contribution in [3.63, 3.8) is 0 Å². The van der Waals surface area contributed by atoms with Gasteiger partial charge in [-0.1, -0.05) is 19.1 Å². The first kappa shape index (κ1) is 14.9. The highest BCUT2D eigenvalue weighted by Gasteiger charge is 2.28. The van der Waals surface area contributed by atoms with Gasteiger partial charge in [0.05, 0.1) is 11.1 Å². The maximum Gasteiger partial charge on any atom is 0.323 e. The number of hydrogen-bond acceptors (Lipinski definition) is 5. The predicted molar refractivity (Wildman–Crippen MR) is 61.9 cm³/mol. The molecule has 1 amide bonds. The monoisotopic (exact) mass is 248 g/mol. The molecule has 0 aromatic carbocycles. The van der Waals surface area contributed by atoms with Crippen molar-refractivity contribution >= 4 is 29.1 Å². The Balaban J connectivity index is 4.82. The first-order valence-corrected chi connectivity index (χ1v) is 5.21. The highest BCUT2D eigenvalue weighted by Crippen LogP contribution is 2.03. The molecular formula is C9H16N2O4S. The summed E-state index contributed by atoms with van der Waals surface area (Å²) < 4.78 is 0. The van der Waals surface area contributed by atoms with Crippen LogP contribution < -0.4 is 5.73 Å². The van der Waals surface area contributed by atoms with E-state index < -0.39 is 30.6 Å². The largest absolute Gasteiger partial charge is 0.480 e. The molecule has 0 aromatic rings. The van der Waals surface area contributed by atoms with Crippen LogP contribution in [0.4, 0.5) is 0 Å². The standard InChI is InChI=1S/C9H16N2O4S/c1-3-6(16)11(4-7(13)14)9(15)8(10)5(2)12/h5,8,12H,3-4,10H2,1-2H3,(H,13,14)/t5-,8+/m1/s1. The van der Waals surface area contributed by atoms with Crippen molar-refractivity contribution in [1.82, 2.24) is 4.90 Å². The van der Waals surface area contributed by atoms with E-state index in [0.29, 0.717) is 6.42 Å². The Hall–Kier alpha value is -1.05. The van der Waals surface area contributed by atoms with Crippen LogP contribution in [0.1, 0.15) is 20.3 Å². The topological polar surface area (TPSA) is 104 Å². The molecular weight excluding hydrogens is 232 g/mol. The van der Waals surface area contributed by atoms with Gasteiger partial charge in [-0.3, -0.25) is 14.5 Å². The zero-order chi connectivity index (χ0) is 12.9. The summed E-state index contributed by atoms with van der Waals surface area (Å²) in [5.74, 6) is -1.86. The van der Waals surface area contributed by atoms with E-state index in [2.05, 4.69) is 0 Å². The number of carbonyl (C=O) groups excluding carboxylic acids is 1. The second-order valence-electron chi connectivity index (χ2n) is 3.33. The lowest BCUT2D eigenvalue weighted by Crippen LogP contribution is -2.52. The third-order valence-electron chi connectivity index (χ3n) is 1.97. The number of aliphatic carboxylic acids is 1. The van der Waals surface area contributed by atoms with Gasteiger partial charge < -0.3 is 15.9 Å². The Morgan fingerprint density at radius 3 is 2.31 bits per heavy atom. The first-order chi connectivity index (χ1) is 7.31. The number of amides is 1. The molecule has 0 aromatic heterocycles. The quantitative estimate of drug-likeness (QED) is 0.558. The molecule has 0 heterocycles. The molecule has 0 saturated carbocycles. The molecule has 2 atom stereocenters. The minimum atomic E-state index is -1.18. The average molecular weight is 248 g/mol. The Kier molecular flexibility index (Phi) is 6.09. The van der Waals surface area contributed by atoms with Crippen LogP contribution in [0.2, 0.25) is 0 Å². The average Bonchev–Trinajstić information content (AvgIpc) is 2.22. The molecule has 92 valence electrons. The SMILES string of the molecule is CCC(=S)N(CC(=O)O)C(=O)[C@@H](N)[C@@H](C)O. The van der Waals surface area contributed by atoms with Gasteiger partial charge in [-0.15, -0.1) is 0 Å². The molecule has 0 rings (SSSR count). The van der Waals surface area contributed by atoms with Crippen molar-refractivity contribution < 1.29 is 19.8 Å². The molecule has 4 N–H and O–H groups in total. The molecule has 16 heavy (non-hydrogen) atoms. The molecule has 0 saturated heterocycles. The van der Waals surface area contributed by atoms with Crippen LogP contribution in [-0.2, 0) is 9.59 Å². The molecule has 0 fully saturated rings. The van der Waals surface area contributed by atoms with Crippen LogP contribution in [0.3, 0.4) is 0 Å². The highest BCUT2D eigenvalue weighted by molar-refractivity contribution is 7.80. The zero-order valence-corrected chi connectivity index (χ0v) is 10.0. The molecule has 0 spiro atoms. The van der Waals surface area contributed by atoms with Crippen molar-refractivity contribution in [1.29, 1.82) is 0 Å². The Bertz CT molecular complexity index is 293. The van der Waals surface area contributed by atoms with Gasteiger partial charge >= 0.3 is 5.97 Å². The second-order valence-corrected chi connectivity index (χ2v) is 3.80.